The monoisotopic (exact) mass is 475 g/mol. The van der Waals surface area contributed by atoms with Crippen molar-refractivity contribution in [2.75, 3.05) is 0 Å². The van der Waals surface area contributed by atoms with Gasteiger partial charge in [0.25, 0.3) is 0 Å². The van der Waals surface area contributed by atoms with E-state index in [1.807, 2.05) is 13.0 Å². The van der Waals surface area contributed by atoms with Gasteiger partial charge >= 0.3 is 0 Å². The van der Waals surface area contributed by atoms with E-state index in [9.17, 15) is 1.37 Å². The van der Waals surface area contributed by atoms with Gasteiger partial charge in [0.05, 0.1) is 16.6 Å². The van der Waals surface area contributed by atoms with E-state index in [0.29, 0.717) is 11.0 Å². The maximum Gasteiger partial charge on any atom is 0.237 e. The summed E-state index contributed by atoms with van der Waals surface area (Å²) in [6, 6.07) is 20.9. The fourth-order valence-electron chi connectivity index (χ4n) is 6.58. The zero-order chi connectivity index (χ0) is 28.2. The molecule has 1 saturated carbocycles. The lowest BCUT2D eigenvalue weighted by Gasteiger charge is -2.34. The van der Waals surface area contributed by atoms with Crippen molar-refractivity contribution in [2.45, 2.75) is 59.2 Å². The van der Waals surface area contributed by atoms with Crippen molar-refractivity contribution in [3.8, 4) is 11.3 Å². The van der Waals surface area contributed by atoms with Crippen molar-refractivity contribution < 1.29 is 10.1 Å². The normalized spacial score (nSPS) is 19.6. The van der Waals surface area contributed by atoms with Crippen LogP contribution < -0.4 is 4.57 Å². The standard InChI is InChI=1S/C34H35N2/c1-21-10-11-25(22(2)18-21)32-33-27(14-17-35(32)5)29-20-24(23-12-15-34(3,4)16-13-23)19-28-26-8-6-7-9-30(26)36(33)31(28)29/h6-11,14,17-20,23H,12-13,15-16H2,1-5H3/q+1/i1D3,23D. The molecule has 0 amide bonds. The van der Waals surface area contributed by atoms with Crippen LogP contribution in [0.25, 0.3) is 49.4 Å². The molecule has 3 heterocycles. The molecule has 0 aliphatic heterocycles. The molecular weight excluding hydrogens is 436 g/mol. The first-order valence-corrected chi connectivity index (χ1v) is 13.1. The quantitative estimate of drug-likeness (QED) is 0.222. The molecule has 1 fully saturated rings. The van der Waals surface area contributed by atoms with Crippen molar-refractivity contribution in [3.05, 3.63) is 83.6 Å². The number of hydrogen-bond acceptors (Lipinski definition) is 0. The minimum absolute atomic E-state index is 0.296. The second-order valence-corrected chi connectivity index (χ2v) is 11.6. The first-order valence-electron chi connectivity index (χ1n) is 15.1. The number of nitrogens with zero attached hydrogens (tertiary/aromatic N) is 2. The Morgan fingerprint density at radius 2 is 1.67 bits per heavy atom. The summed E-state index contributed by atoms with van der Waals surface area (Å²) in [6.07, 6.45) is 5.99. The van der Waals surface area contributed by atoms with Crippen molar-refractivity contribution >= 4 is 38.1 Å². The Kier molecular flexibility index (Phi) is 3.77. The summed E-state index contributed by atoms with van der Waals surface area (Å²) < 4.78 is 37.8. The number of para-hydroxylation sites is 1. The molecule has 7 rings (SSSR count). The zero-order valence-electron chi connectivity index (χ0n) is 25.6. The maximum absolute atomic E-state index is 9.60. The zero-order valence-corrected chi connectivity index (χ0v) is 21.6. The Morgan fingerprint density at radius 1 is 0.917 bits per heavy atom. The average molecular weight is 476 g/mol. The van der Waals surface area contributed by atoms with Gasteiger partial charge in [0.15, 0.2) is 6.20 Å². The predicted molar refractivity (Wildman–Crippen MR) is 152 cm³/mol. The first kappa shape index (κ1) is 17.9. The Morgan fingerprint density at radius 3 is 2.42 bits per heavy atom. The van der Waals surface area contributed by atoms with Crippen LogP contribution in [0, 0.1) is 19.2 Å². The summed E-state index contributed by atoms with van der Waals surface area (Å²) in [4.78, 5) is 0. The van der Waals surface area contributed by atoms with Gasteiger partial charge in [-0.15, -0.1) is 0 Å². The molecule has 1 aliphatic carbocycles. The number of aromatic nitrogens is 2. The Labute approximate surface area is 219 Å². The molecule has 0 spiro atoms. The molecule has 3 aromatic heterocycles. The van der Waals surface area contributed by atoms with Crippen LogP contribution in [0.5, 0.6) is 0 Å². The van der Waals surface area contributed by atoms with Gasteiger partial charge in [-0.2, -0.15) is 4.57 Å². The van der Waals surface area contributed by atoms with Crippen LogP contribution in [0.15, 0.2) is 66.9 Å². The van der Waals surface area contributed by atoms with Crippen LogP contribution in [-0.4, -0.2) is 4.40 Å². The molecule has 0 unspecified atom stereocenters. The smallest absolute Gasteiger partial charge is 0.237 e. The van der Waals surface area contributed by atoms with E-state index >= 15 is 0 Å². The summed E-state index contributed by atoms with van der Waals surface area (Å²) in [6.45, 7) is 4.52. The Hall–Kier alpha value is -3.39. The lowest BCUT2D eigenvalue weighted by atomic mass is 9.71. The van der Waals surface area contributed by atoms with Crippen molar-refractivity contribution in [2.24, 2.45) is 12.5 Å². The molecule has 0 bridgehead atoms. The summed E-state index contributed by atoms with van der Waals surface area (Å²) >= 11 is 0. The van der Waals surface area contributed by atoms with Gasteiger partial charge in [-0.05, 0) is 86.2 Å². The minimum atomic E-state index is -2.14. The molecule has 6 aromatic rings. The van der Waals surface area contributed by atoms with E-state index in [1.165, 1.54) is 27.1 Å². The summed E-state index contributed by atoms with van der Waals surface area (Å²) in [7, 11) is 2.06. The lowest BCUT2D eigenvalue weighted by molar-refractivity contribution is -0.659. The fraction of sp³-hybridized carbons (Fsp3) is 0.324. The van der Waals surface area contributed by atoms with E-state index in [2.05, 4.69) is 78.5 Å². The maximum atomic E-state index is 9.60. The summed E-state index contributed by atoms with van der Waals surface area (Å²) in [5.41, 5.74) is 8.28. The van der Waals surface area contributed by atoms with Gasteiger partial charge in [0.1, 0.15) is 12.6 Å². The topological polar surface area (TPSA) is 8.29 Å². The number of pyridine rings is 1. The van der Waals surface area contributed by atoms with Crippen molar-refractivity contribution in [3.63, 3.8) is 0 Å². The predicted octanol–water partition coefficient (Wildman–Crippen LogP) is 8.63. The van der Waals surface area contributed by atoms with Gasteiger partial charge in [-0.3, -0.25) is 0 Å². The second kappa shape index (κ2) is 7.56. The summed E-state index contributed by atoms with van der Waals surface area (Å²) in [5.74, 6) is -0.587. The molecule has 2 nitrogen and oxygen atoms in total. The van der Waals surface area contributed by atoms with Gasteiger partial charge in [-0.25, -0.2) is 0 Å². The van der Waals surface area contributed by atoms with Gasteiger partial charge in [0, 0.05) is 33.1 Å². The SMILES string of the molecule is [2H]C([2H])([2H])c1ccc(-c2c3c(cc[n+]2C)c2cc(C4([2H])CCC(C)(C)CC4)cc4c5ccccc5n3c42)c(C)c1. The molecular formula is C34H35N2+. The molecule has 1 aliphatic rings. The Bertz CT molecular complexity index is 1950. The molecule has 0 atom stereocenters. The number of benzene rings is 3. The molecule has 36 heavy (non-hydrogen) atoms. The van der Waals surface area contributed by atoms with Gasteiger partial charge in [0.2, 0.25) is 5.69 Å². The van der Waals surface area contributed by atoms with Crippen molar-refractivity contribution in [1.29, 1.82) is 0 Å². The first-order chi connectivity index (χ1) is 18.9. The highest BCUT2D eigenvalue weighted by Gasteiger charge is 2.30. The minimum Gasteiger partial charge on any atom is -0.302 e. The van der Waals surface area contributed by atoms with E-state index in [4.69, 9.17) is 4.11 Å². The van der Waals surface area contributed by atoms with Crippen LogP contribution in [0.3, 0.4) is 0 Å². The van der Waals surface area contributed by atoms with Crippen molar-refractivity contribution in [1.82, 2.24) is 4.40 Å². The third-order valence-corrected chi connectivity index (χ3v) is 8.68. The molecule has 180 valence electrons. The molecule has 3 aromatic carbocycles. The van der Waals surface area contributed by atoms with E-state index in [1.54, 1.807) is 12.1 Å². The third-order valence-electron chi connectivity index (χ3n) is 8.68. The van der Waals surface area contributed by atoms with Gasteiger partial charge in [-0.1, -0.05) is 49.7 Å². The van der Waals surface area contributed by atoms with Crippen LogP contribution in [0.1, 0.15) is 67.6 Å². The number of aryl methyl sites for hydroxylation is 3. The van der Waals surface area contributed by atoms with Crippen LogP contribution >= 0.6 is 0 Å². The Balaban J connectivity index is 1.58. The third kappa shape index (κ3) is 3.06. The van der Waals surface area contributed by atoms with Gasteiger partial charge < -0.3 is 4.40 Å². The average Bonchev–Trinajstić information content (AvgIpc) is 3.42. The largest absolute Gasteiger partial charge is 0.302 e. The number of fused-ring (bicyclic) bond motifs is 6. The summed E-state index contributed by atoms with van der Waals surface area (Å²) in [5, 5.41) is 4.77. The molecule has 0 N–H and O–H groups in total. The van der Waals surface area contributed by atoms with Crippen LogP contribution in [0.4, 0.5) is 0 Å². The highest BCUT2D eigenvalue weighted by atomic mass is 15.0. The van der Waals surface area contributed by atoms with Crippen LogP contribution in [0.2, 0.25) is 0 Å². The molecule has 2 heteroatoms. The lowest BCUT2D eigenvalue weighted by Crippen LogP contribution is -2.31. The van der Waals surface area contributed by atoms with E-state index in [-0.39, 0.29) is 0 Å². The fourth-order valence-corrected chi connectivity index (χ4v) is 6.58. The highest BCUT2D eigenvalue weighted by Crippen LogP contribution is 2.47. The van der Waals surface area contributed by atoms with Crippen LogP contribution in [-0.2, 0) is 7.05 Å². The molecule has 0 saturated heterocycles. The number of rotatable bonds is 2. The highest BCUT2D eigenvalue weighted by molar-refractivity contribution is 6.24. The van der Waals surface area contributed by atoms with E-state index < -0.39 is 12.7 Å². The molecule has 0 radical (unpaired) electrons. The second-order valence-electron chi connectivity index (χ2n) is 11.6. The van der Waals surface area contributed by atoms with E-state index in [0.717, 1.165) is 59.1 Å². The number of hydrogen-bond donors (Lipinski definition) is 0.